The van der Waals surface area contributed by atoms with Crippen molar-refractivity contribution in [3.05, 3.63) is 35.9 Å². The van der Waals surface area contributed by atoms with E-state index in [1.165, 1.54) is 5.56 Å². The van der Waals surface area contributed by atoms with Crippen LogP contribution >= 0.6 is 0 Å². The Morgan fingerprint density at radius 1 is 1.26 bits per heavy atom. The molecule has 2 fully saturated rings. The number of nitrogens with zero attached hydrogens (tertiary/aromatic N) is 1. The third kappa shape index (κ3) is 2.27. The van der Waals surface area contributed by atoms with Gasteiger partial charge in [-0.2, -0.15) is 0 Å². The van der Waals surface area contributed by atoms with Gasteiger partial charge in [0.2, 0.25) is 5.91 Å². The van der Waals surface area contributed by atoms with Gasteiger partial charge in [0, 0.05) is 26.3 Å². The predicted molar refractivity (Wildman–Crippen MR) is 73.8 cm³/mol. The predicted octanol–water partition coefficient (Wildman–Crippen LogP) is 2.26. The molecule has 19 heavy (non-hydrogen) atoms. The Kier molecular flexibility index (Phi) is 3.31. The van der Waals surface area contributed by atoms with Crippen LogP contribution in [-0.4, -0.2) is 37.1 Å². The van der Waals surface area contributed by atoms with E-state index >= 15 is 0 Å². The average molecular weight is 259 g/mol. The Labute approximate surface area is 114 Å². The lowest BCUT2D eigenvalue weighted by molar-refractivity contribution is -0.139. The maximum Gasteiger partial charge on any atom is 0.229 e. The Morgan fingerprint density at radius 2 is 1.95 bits per heavy atom. The monoisotopic (exact) mass is 259 g/mol. The first kappa shape index (κ1) is 12.7. The molecule has 0 aromatic heterocycles. The van der Waals surface area contributed by atoms with Crippen LogP contribution in [0.1, 0.15) is 24.8 Å². The summed E-state index contributed by atoms with van der Waals surface area (Å²) in [6.07, 6.45) is 3.73. The number of hydrogen-bond donors (Lipinski definition) is 0. The van der Waals surface area contributed by atoms with Gasteiger partial charge in [0.1, 0.15) is 0 Å². The van der Waals surface area contributed by atoms with E-state index in [4.69, 9.17) is 4.74 Å². The number of benzene rings is 1. The van der Waals surface area contributed by atoms with E-state index in [9.17, 15) is 4.79 Å². The summed E-state index contributed by atoms with van der Waals surface area (Å²) >= 11 is 0. The summed E-state index contributed by atoms with van der Waals surface area (Å²) in [6, 6.07) is 10.8. The summed E-state index contributed by atoms with van der Waals surface area (Å²) in [5.41, 5.74) is 1.18. The summed E-state index contributed by atoms with van der Waals surface area (Å²) in [7, 11) is 1.96. The van der Waals surface area contributed by atoms with Gasteiger partial charge in [0.05, 0.1) is 5.41 Å². The summed E-state index contributed by atoms with van der Waals surface area (Å²) in [4.78, 5) is 14.5. The van der Waals surface area contributed by atoms with Crippen molar-refractivity contribution in [1.82, 2.24) is 4.90 Å². The number of amides is 1. The van der Waals surface area contributed by atoms with Gasteiger partial charge >= 0.3 is 0 Å². The molecule has 0 bridgehead atoms. The maximum absolute atomic E-state index is 12.6. The molecule has 2 aliphatic heterocycles. The zero-order valence-corrected chi connectivity index (χ0v) is 11.5. The van der Waals surface area contributed by atoms with E-state index in [-0.39, 0.29) is 5.41 Å². The molecule has 1 aromatic rings. The number of rotatable bonds is 2. The van der Waals surface area contributed by atoms with Gasteiger partial charge in [0.15, 0.2) is 0 Å². The van der Waals surface area contributed by atoms with Crippen molar-refractivity contribution in [2.75, 3.05) is 20.3 Å². The standard InChI is InChI=1S/C16H21NO2/c1-17-14(11-13-5-3-2-4-6-13)12-16(15(17)18)7-9-19-10-8-16/h2-6,14H,7-12H2,1H3. The zero-order valence-electron chi connectivity index (χ0n) is 11.5. The average Bonchev–Trinajstić information content (AvgIpc) is 2.67. The lowest BCUT2D eigenvalue weighted by Crippen LogP contribution is -2.38. The highest BCUT2D eigenvalue weighted by atomic mass is 16.5. The highest BCUT2D eigenvalue weighted by Gasteiger charge is 2.50. The fourth-order valence-corrected chi connectivity index (χ4v) is 3.49. The largest absolute Gasteiger partial charge is 0.381 e. The van der Waals surface area contributed by atoms with Crippen molar-refractivity contribution in [3.8, 4) is 0 Å². The second-order valence-electron chi connectivity index (χ2n) is 5.86. The smallest absolute Gasteiger partial charge is 0.229 e. The van der Waals surface area contributed by atoms with E-state index < -0.39 is 0 Å². The van der Waals surface area contributed by atoms with E-state index in [1.807, 2.05) is 18.0 Å². The normalized spacial score (nSPS) is 26.1. The van der Waals surface area contributed by atoms with Crippen LogP contribution in [0.25, 0.3) is 0 Å². The first-order valence-corrected chi connectivity index (χ1v) is 7.10. The minimum absolute atomic E-state index is 0.132. The third-order valence-corrected chi connectivity index (χ3v) is 4.71. The molecule has 1 unspecified atom stereocenters. The molecular weight excluding hydrogens is 238 g/mol. The molecule has 3 rings (SSSR count). The van der Waals surface area contributed by atoms with Crippen LogP contribution < -0.4 is 0 Å². The van der Waals surface area contributed by atoms with E-state index in [1.54, 1.807) is 0 Å². The minimum Gasteiger partial charge on any atom is -0.381 e. The van der Waals surface area contributed by atoms with Gasteiger partial charge in [-0.25, -0.2) is 0 Å². The lowest BCUT2D eigenvalue weighted by Gasteiger charge is -2.30. The van der Waals surface area contributed by atoms with Crippen molar-refractivity contribution < 1.29 is 9.53 Å². The first-order valence-electron chi connectivity index (χ1n) is 7.10. The van der Waals surface area contributed by atoms with E-state index in [0.717, 1.165) is 38.9 Å². The molecule has 102 valence electrons. The summed E-state index contributed by atoms with van der Waals surface area (Å²) < 4.78 is 5.42. The Balaban J connectivity index is 1.75. The second-order valence-corrected chi connectivity index (χ2v) is 5.86. The van der Waals surface area contributed by atoms with Crippen LogP contribution in [0, 0.1) is 5.41 Å². The van der Waals surface area contributed by atoms with Crippen LogP contribution in [-0.2, 0) is 16.0 Å². The van der Waals surface area contributed by atoms with Crippen LogP contribution in [0.4, 0.5) is 0 Å². The SMILES string of the molecule is CN1C(=O)C2(CCOCC2)CC1Cc1ccccc1. The maximum atomic E-state index is 12.6. The fraction of sp³-hybridized carbons (Fsp3) is 0.562. The third-order valence-electron chi connectivity index (χ3n) is 4.71. The molecule has 0 saturated carbocycles. The van der Waals surface area contributed by atoms with Gasteiger partial charge in [-0.3, -0.25) is 4.79 Å². The molecule has 3 nitrogen and oxygen atoms in total. The Morgan fingerprint density at radius 3 is 2.63 bits per heavy atom. The number of carbonyl (C=O) groups excluding carboxylic acids is 1. The van der Waals surface area contributed by atoms with Crippen LogP contribution in [0.2, 0.25) is 0 Å². The molecule has 0 aliphatic carbocycles. The van der Waals surface area contributed by atoms with Gasteiger partial charge in [-0.15, -0.1) is 0 Å². The molecule has 2 heterocycles. The molecular formula is C16H21NO2. The molecule has 3 heteroatoms. The molecule has 2 saturated heterocycles. The first-order chi connectivity index (χ1) is 9.21. The zero-order chi connectivity index (χ0) is 13.3. The van der Waals surface area contributed by atoms with E-state index in [0.29, 0.717) is 11.9 Å². The number of hydrogen-bond acceptors (Lipinski definition) is 2. The van der Waals surface area contributed by atoms with Crippen LogP contribution in [0.3, 0.4) is 0 Å². The van der Waals surface area contributed by atoms with Crippen molar-refractivity contribution in [2.24, 2.45) is 5.41 Å². The highest BCUT2D eigenvalue weighted by Crippen LogP contribution is 2.44. The molecule has 0 N–H and O–H groups in total. The Hall–Kier alpha value is -1.35. The van der Waals surface area contributed by atoms with Crippen molar-refractivity contribution in [3.63, 3.8) is 0 Å². The number of likely N-dealkylation sites (tertiary alicyclic amines) is 1. The second kappa shape index (κ2) is 4.97. The molecule has 0 radical (unpaired) electrons. The van der Waals surface area contributed by atoms with E-state index in [2.05, 4.69) is 24.3 Å². The number of likely N-dealkylation sites (N-methyl/N-ethyl adjacent to an activating group) is 1. The topological polar surface area (TPSA) is 29.5 Å². The fourth-order valence-electron chi connectivity index (χ4n) is 3.49. The minimum atomic E-state index is -0.132. The van der Waals surface area contributed by atoms with Crippen molar-refractivity contribution in [1.29, 1.82) is 0 Å². The summed E-state index contributed by atoms with van der Waals surface area (Å²) in [6.45, 7) is 1.47. The van der Waals surface area contributed by atoms with Crippen LogP contribution in [0.5, 0.6) is 0 Å². The molecule has 1 spiro atoms. The lowest BCUT2D eigenvalue weighted by atomic mass is 9.77. The summed E-state index contributed by atoms with van der Waals surface area (Å²) in [5, 5.41) is 0. The van der Waals surface area contributed by atoms with Gasteiger partial charge < -0.3 is 9.64 Å². The van der Waals surface area contributed by atoms with Crippen molar-refractivity contribution >= 4 is 5.91 Å². The highest BCUT2D eigenvalue weighted by molar-refractivity contribution is 5.85. The van der Waals surface area contributed by atoms with Crippen LogP contribution in [0.15, 0.2) is 30.3 Å². The Bertz CT molecular complexity index is 451. The molecule has 1 amide bonds. The molecule has 1 aromatic carbocycles. The summed E-state index contributed by atoms with van der Waals surface area (Å²) in [5.74, 6) is 0.330. The van der Waals surface area contributed by atoms with Gasteiger partial charge in [-0.05, 0) is 31.2 Å². The number of carbonyl (C=O) groups is 1. The van der Waals surface area contributed by atoms with Crippen molar-refractivity contribution in [2.45, 2.75) is 31.7 Å². The van der Waals surface area contributed by atoms with Gasteiger partial charge in [0.25, 0.3) is 0 Å². The molecule has 1 atom stereocenters. The number of ether oxygens (including phenoxy) is 1. The molecule has 2 aliphatic rings. The quantitative estimate of drug-likeness (QED) is 0.815. The van der Waals surface area contributed by atoms with Gasteiger partial charge in [-0.1, -0.05) is 30.3 Å².